The van der Waals surface area contributed by atoms with E-state index in [2.05, 4.69) is 50.3 Å². The molecular weight excluding hydrogens is 811 g/mol. The molecule has 0 aliphatic heterocycles. The summed E-state index contributed by atoms with van der Waals surface area (Å²) < 4.78 is 17.3. The summed E-state index contributed by atoms with van der Waals surface area (Å²) in [5, 5.41) is 11.7. The molecule has 0 N–H and O–H groups in total. The summed E-state index contributed by atoms with van der Waals surface area (Å²) in [6, 6.07) is -0.727. The highest BCUT2D eigenvalue weighted by atomic mass is 16.6. The Morgan fingerprint density at radius 1 is 0.462 bits per heavy atom. The molecular formula is C57H105NO7. The smallest absolute Gasteiger partial charge is 0.306 e. The van der Waals surface area contributed by atoms with Crippen LogP contribution in [0.25, 0.3) is 0 Å². The topological polar surface area (TPSA) is 102 Å². The monoisotopic (exact) mass is 916 g/mol. The van der Waals surface area contributed by atoms with Crippen molar-refractivity contribution in [2.45, 2.75) is 270 Å². The normalized spacial score (nSPS) is 13.1. The van der Waals surface area contributed by atoms with Crippen LogP contribution in [0.2, 0.25) is 0 Å². The fourth-order valence-corrected chi connectivity index (χ4v) is 8.24. The van der Waals surface area contributed by atoms with Gasteiger partial charge in [-0.05, 0) is 64.2 Å². The van der Waals surface area contributed by atoms with Crippen molar-refractivity contribution in [3.05, 3.63) is 36.5 Å². The SMILES string of the molecule is CCCCC/C=C/C=C/CCCCCCCCCCCCC(=O)OC(COCCC(C(=O)[O-])[N+](C)(C)C)COC(=O)CCCCCCCCC/C=C/CCCCCCCCCCCCC. The van der Waals surface area contributed by atoms with Crippen molar-refractivity contribution in [3.8, 4) is 0 Å². The molecule has 0 fully saturated rings. The maximum Gasteiger partial charge on any atom is 0.306 e. The molecule has 0 bridgehead atoms. The fraction of sp³-hybridized carbons (Fsp3) is 0.842. The largest absolute Gasteiger partial charge is 0.544 e. The first-order valence-corrected chi connectivity index (χ1v) is 27.5. The first-order valence-electron chi connectivity index (χ1n) is 27.5. The summed E-state index contributed by atoms with van der Waals surface area (Å²) in [4.78, 5) is 37.1. The molecule has 0 aromatic heterocycles. The number of quaternary nitrogens is 1. The van der Waals surface area contributed by atoms with E-state index in [1.807, 2.05) is 21.1 Å². The molecule has 2 atom stereocenters. The van der Waals surface area contributed by atoms with E-state index in [-0.39, 0.29) is 42.7 Å². The Morgan fingerprint density at radius 2 is 0.815 bits per heavy atom. The number of carbonyl (C=O) groups is 3. The van der Waals surface area contributed by atoms with Crippen LogP contribution in [0.3, 0.4) is 0 Å². The van der Waals surface area contributed by atoms with Crippen molar-refractivity contribution >= 4 is 17.9 Å². The van der Waals surface area contributed by atoms with Gasteiger partial charge in [0.2, 0.25) is 0 Å². The predicted octanol–water partition coefficient (Wildman–Crippen LogP) is 14.8. The average molecular weight is 916 g/mol. The van der Waals surface area contributed by atoms with E-state index < -0.39 is 18.1 Å². The third-order valence-electron chi connectivity index (χ3n) is 12.5. The van der Waals surface area contributed by atoms with Crippen LogP contribution < -0.4 is 5.11 Å². The molecule has 2 unspecified atom stereocenters. The maximum atomic E-state index is 12.8. The van der Waals surface area contributed by atoms with Gasteiger partial charge in [-0.15, -0.1) is 0 Å². The molecule has 65 heavy (non-hydrogen) atoms. The summed E-state index contributed by atoms with van der Waals surface area (Å²) in [6.07, 6.45) is 57.5. The quantitative estimate of drug-likeness (QED) is 0.0197. The molecule has 8 nitrogen and oxygen atoms in total. The van der Waals surface area contributed by atoms with Crippen molar-refractivity contribution in [3.63, 3.8) is 0 Å². The number of rotatable bonds is 50. The van der Waals surface area contributed by atoms with Gasteiger partial charge in [-0.25, -0.2) is 0 Å². The average Bonchev–Trinajstić information content (AvgIpc) is 3.27. The van der Waals surface area contributed by atoms with Crippen LogP contribution in [0.5, 0.6) is 0 Å². The molecule has 0 rings (SSSR count). The lowest BCUT2D eigenvalue weighted by molar-refractivity contribution is -0.889. The first-order chi connectivity index (χ1) is 31.6. The first kappa shape index (κ1) is 62.5. The van der Waals surface area contributed by atoms with Gasteiger partial charge in [0.05, 0.1) is 40.3 Å². The minimum atomic E-state index is -1.12. The van der Waals surface area contributed by atoms with Crippen LogP contribution in [-0.2, 0) is 28.6 Å². The van der Waals surface area contributed by atoms with Gasteiger partial charge in [0.25, 0.3) is 0 Å². The van der Waals surface area contributed by atoms with Crippen LogP contribution in [-0.4, -0.2) is 75.5 Å². The zero-order valence-electron chi connectivity index (χ0n) is 43.4. The predicted molar refractivity (Wildman–Crippen MR) is 273 cm³/mol. The zero-order chi connectivity index (χ0) is 47.7. The number of allylic oxidation sites excluding steroid dienone is 6. The minimum Gasteiger partial charge on any atom is -0.544 e. The Labute approximate surface area is 402 Å². The van der Waals surface area contributed by atoms with Crippen molar-refractivity contribution < 1.29 is 38.2 Å². The lowest BCUT2D eigenvalue weighted by atomic mass is 10.0. The molecule has 0 heterocycles. The van der Waals surface area contributed by atoms with Gasteiger partial charge in [-0.2, -0.15) is 0 Å². The molecule has 0 aromatic carbocycles. The van der Waals surface area contributed by atoms with Crippen LogP contribution >= 0.6 is 0 Å². The number of aliphatic carboxylic acids is 1. The van der Waals surface area contributed by atoms with Crippen molar-refractivity contribution in [1.29, 1.82) is 0 Å². The van der Waals surface area contributed by atoms with E-state index in [1.54, 1.807) is 0 Å². The Kier molecular flexibility index (Phi) is 46.2. The van der Waals surface area contributed by atoms with Gasteiger partial charge in [0.1, 0.15) is 12.6 Å². The Bertz CT molecular complexity index is 1160. The van der Waals surface area contributed by atoms with E-state index in [9.17, 15) is 19.5 Å². The number of esters is 2. The number of hydrogen-bond acceptors (Lipinski definition) is 7. The van der Waals surface area contributed by atoms with Gasteiger partial charge in [-0.1, -0.05) is 211 Å². The van der Waals surface area contributed by atoms with Gasteiger partial charge in [-0.3, -0.25) is 9.59 Å². The number of carbonyl (C=O) groups excluding carboxylic acids is 3. The molecule has 0 aliphatic carbocycles. The van der Waals surface area contributed by atoms with Crippen molar-refractivity contribution in [2.24, 2.45) is 0 Å². The standard InChI is InChI=1S/C57H105NO7/c1-6-8-10-12-14-16-18-20-22-24-26-27-28-30-31-33-35-37-39-41-43-45-47-55(59)64-52-53(51-63-50-49-54(57(61)62)58(3,4)5)65-56(60)48-46-44-42-40-38-36-34-32-29-25-23-21-19-17-15-13-11-9-7-2/h15,17,19,21,28,30,53-54H,6-14,16,18,20,22-27,29,31-52H2,1-5H3/b17-15+,21-19+,30-28+. The second-order valence-electron chi connectivity index (χ2n) is 19.8. The van der Waals surface area contributed by atoms with Crippen molar-refractivity contribution in [1.82, 2.24) is 0 Å². The Balaban J connectivity index is 4.19. The van der Waals surface area contributed by atoms with Gasteiger partial charge in [0, 0.05) is 19.3 Å². The Hall–Kier alpha value is -2.45. The number of unbranched alkanes of at least 4 members (excludes halogenated alkanes) is 31. The van der Waals surface area contributed by atoms with Crippen LogP contribution in [0, 0.1) is 0 Å². The summed E-state index contributed by atoms with van der Waals surface area (Å²) in [6.45, 7) is 4.67. The van der Waals surface area contributed by atoms with Crippen molar-refractivity contribution in [2.75, 3.05) is 41.0 Å². The second-order valence-corrected chi connectivity index (χ2v) is 19.8. The van der Waals surface area contributed by atoms with E-state index >= 15 is 0 Å². The van der Waals surface area contributed by atoms with Gasteiger partial charge >= 0.3 is 11.9 Å². The Morgan fingerprint density at radius 3 is 1.23 bits per heavy atom. The lowest BCUT2D eigenvalue weighted by Crippen LogP contribution is -2.55. The summed E-state index contributed by atoms with van der Waals surface area (Å²) in [7, 11) is 5.42. The van der Waals surface area contributed by atoms with Gasteiger partial charge < -0.3 is 28.6 Å². The molecule has 380 valence electrons. The summed E-state index contributed by atoms with van der Waals surface area (Å²) in [5.74, 6) is -1.73. The number of hydrogen-bond donors (Lipinski definition) is 0. The molecule has 8 heteroatoms. The third kappa shape index (κ3) is 46.4. The van der Waals surface area contributed by atoms with Crippen LogP contribution in [0.1, 0.15) is 258 Å². The molecule has 0 aromatic rings. The van der Waals surface area contributed by atoms with Crippen LogP contribution in [0.15, 0.2) is 36.5 Å². The lowest BCUT2D eigenvalue weighted by Gasteiger charge is -2.34. The number of nitrogens with zero attached hydrogens (tertiary/aromatic N) is 1. The zero-order valence-corrected chi connectivity index (χ0v) is 43.4. The number of ether oxygens (including phenoxy) is 3. The number of carboxylic acids is 1. The highest BCUT2D eigenvalue weighted by molar-refractivity contribution is 5.70. The van der Waals surface area contributed by atoms with E-state index in [0.717, 1.165) is 38.5 Å². The maximum absolute atomic E-state index is 12.8. The molecule has 0 radical (unpaired) electrons. The van der Waals surface area contributed by atoms with E-state index in [0.29, 0.717) is 12.8 Å². The molecule has 0 saturated carbocycles. The molecule has 0 aliphatic rings. The second kappa shape index (κ2) is 48.0. The summed E-state index contributed by atoms with van der Waals surface area (Å²) in [5.41, 5.74) is 0. The van der Waals surface area contributed by atoms with E-state index in [4.69, 9.17) is 14.2 Å². The number of likely N-dealkylation sites (N-methyl/N-ethyl adjacent to an activating group) is 1. The van der Waals surface area contributed by atoms with Gasteiger partial charge in [0.15, 0.2) is 6.10 Å². The highest BCUT2D eigenvalue weighted by Gasteiger charge is 2.25. The molecule has 0 saturated heterocycles. The summed E-state index contributed by atoms with van der Waals surface area (Å²) >= 11 is 0. The minimum absolute atomic E-state index is 0.0400. The third-order valence-corrected chi connectivity index (χ3v) is 12.5. The van der Waals surface area contributed by atoms with Crippen LogP contribution in [0.4, 0.5) is 0 Å². The molecule has 0 amide bonds. The fourth-order valence-electron chi connectivity index (χ4n) is 8.24. The molecule has 0 spiro atoms. The number of carboxylic acid groups (broad SMARTS) is 1. The highest BCUT2D eigenvalue weighted by Crippen LogP contribution is 2.16. The van der Waals surface area contributed by atoms with E-state index in [1.165, 1.54) is 186 Å².